The van der Waals surface area contributed by atoms with Crippen molar-refractivity contribution in [2.45, 2.75) is 25.3 Å². The first-order chi connectivity index (χ1) is 8.65. The highest BCUT2D eigenvalue weighted by Crippen LogP contribution is 2.34. The first-order valence-electron chi connectivity index (χ1n) is 6.30. The molecule has 1 heterocycles. The lowest BCUT2D eigenvalue weighted by atomic mass is 9.91. The van der Waals surface area contributed by atoms with Crippen molar-refractivity contribution in [2.75, 3.05) is 25.2 Å². The molecule has 0 saturated heterocycles. The molecule has 0 radical (unpaired) electrons. The smallest absolute Gasteiger partial charge is 0.246 e. The number of methoxy groups -OCH3 is 1. The number of benzene rings is 1. The van der Waals surface area contributed by atoms with Crippen LogP contribution in [0, 0.1) is 0 Å². The molecule has 0 saturated carbocycles. The average Bonchev–Trinajstić information content (AvgIpc) is 2.39. The maximum absolute atomic E-state index is 12.3. The molecule has 1 aliphatic heterocycles. The minimum absolute atomic E-state index is 0. The molecule has 2 atom stereocenters. The number of ether oxygens (including phenoxy) is 1. The zero-order chi connectivity index (χ0) is 13.1. The number of carbonyl (C=O) groups excluding carboxylic acids is 1. The fourth-order valence-electron chi connectivity index (χ4n) is 2.43. The minimum Gasteiger partial charge on any atom is -0.383 e. The van der Waals surface area contributed by atoms with Gasteiger partial charge in [-0.1, -0.05) is 25.1 Å². The summed E-state index contributed by atoms with van der Waals surface area (Å²) in [6, 6.07) is 7.46. The van der Waals surface area contributed by atoms with Gasteiger partial charge in [0.1, 0.15) is 6.04 Å². The van der Waals surface area contributed by atoms with Crippen molar-refractivity contribution in [3.63, 3.8) is 0 Å². The summed E-state index contributed by atoms with van der Waals surface area (Å²) in [4.78, 5) is 14.1. The van der Waals surface area contributed by atoms with Crippen LogP contribution in [0.25, 0.3) is 0 Å². The molecule has 2 unspecified atom stereocenters. The monoisotopic (exact) mass is 284 g/mol. The zero-order valence-corrected chi connectivity index (χ0v) is 12.2. The number of nitrogens with two attached hydrogens (primary N) is 1. The molecular weight excluding hydrogens is 264 g/mol. The van der Waals surface area contributed by atoms with Crippen LogP contribution in [0.4, 0.5) is 5.69 Å². The summed E-state index contributed by atoms with van der Waals surface area (Å²) in [7, 11) is 1.55. The summed E-state index contributed by atoms with van der Waals surface area (Å²) in [6.45, 7) is 3.18. The van der Waals surface area contributed by atoms with Gasteiger partial charge in [-0.2, -0.15) is 0 Å². The largest absolute Gasteiger partial charge is 0.383 e. The van der Waals surface area contributed by atoms with Gasteiger partial charge in [0, 0.05) is 19.3 Å². The third-order valence-corrected chi connectivity index (χ3v) is 3.47. The Hall–Kier alpha value is -1.10. The van der Waals surface area contributed by atoms with Gasteiger partial charge in [-0.3, -0.25) is 4.79 Å². The van der Waals surface area contributed by atoms with E-state index in [1.165, 1.54) is 5.56 Å². The van der Waals surface area contributed by atoms with Crippen molar-refractivity contribution >= 4 is 24.0 Å². The highest BCUT2D eigenvalue weighted by atomic mass is 35.5. The van der Waals surface area contributed by atoms with E-state index < -0.39 is 6.04 Å². The number of nitrogens with zero attached hydrogens (tertiary/aromatic N) is 1. The second-order valence-electron chi connectivity index (χ2n) is 4.80. The van der Waals surface area contributed by atoms with Crippen molar-refractivity contribution in [1.29, 1.82) is 0 Å². The highest BCUT2D eigenvalue weighted by molar-refractivity contribution is 5.98. The van der Waals surface area contributed by atoms with Crippen molar-refractivity contribution in [1.82, 2.24) is 0 Å². The highest BCUT2D eigenvalue weighted by Gasteiger charge is 2.28. The number of hydrogen-bond acceptors (Lipinski definition) is 3. The van der Waals surface area contributed by atoms with E-state index in [2.05, 4.69) is 13.0 Å². The van der Waals surface area contributed by atoms with E-state index in [-0.39, 0.29) is 24.9 Å². The Kier molecular flexibility index (Phi) is 5.79. The van der Waals surface area contributed by atoms with E-state index in [1.807, 2.05) is 18.2 Å². The molecule has 2 N–H and O–H groups in total. The normalized spacial score (nSPS) is 19.3. The number of halogens is 1. The molecule has 1 amide bonds. The lowest BCUT2D eigenvalue weighted by molar-refractivity contribution is -0.121. The molecule has 19 heavy (non-hydrogen) atoms. The van der Waals surface area contributed by atoms with E-state index in [0.717, 1.165) is 18.7 Å². The Labute approximate surface area is 120 Å². The number of rotatable bonds is 3. The molecule has 1 aliphatic rings. The summed E-state index contributed by atoms with van der Waals surface area (Å²) in [5.74, 6) is 0.431. The van der Waals surface area contributed by atoms with Gasteiger partial charge in [0.05, 0.1) is 6.61 Å². The van der Waals surface area contributed by atoms with Gasteiger partial charge >= 0.3 is 0 Å². The number of hydrogen-bond donors (Lipinski definition) is 1. The summed E-state index contributed by atoms with van der Waals surface area (Å²) < 4.78 is 4.95. The fourth-order valence-corrected chi connectivity index (χ4v) is 2.43. The number of amides is 1. The summed E-state index contributed by atoms with van der Waals surface area (Å²) >= 11 is 0. The molecule has 106 valence electrons. The van der Waals surface area contributed by atoms with Crippen molar-refractivity contribution < 1.29 is 9.53 Å². The molecule has 1 aromatic rings. The van der Waals surface area contributed by atoms with Gasteiger partial charge in [0.25, 0.3) is 0 Å². The summed E-state index contributed by atoms with van der Waals surface area (Å²) in [6.07, 6.45) is 0.975. The molecule has 5 heteroatoms. The van der Waals surface area contributed by atoms with Gasteiger partial charge in [-0.15, -0.1) is 12.4 Å². The first-order valence-corrected chi connectivity index (χ1v) is 6.30. The van der Waals surface area contributed by atoms with Gasteiger partial charge in [0.2, 0.25) is 5.91 Å². The van der Waals surface area contributed by atoms with E-state index in [1.54, 1.807) is 12.0 Å². The first kappa shape index (κ1) is 16.0. The van der Waals surface area contributed by atoms with Crippen LogP contribution >= 0.6 is 12.4 Å². The topological polar surface area (TPSA) is 55.6 Å². The van der Waals surface area contributed by atoms with Crippen LogP contribution in [0.2, 0.25) is 0 Å². The standard InChI is InChI=1S/C14H20N2O2.ClH/c1-10-7-8-16(14(17)12(15)9-18-2)13-6-4-3-5-11(10)13;/h3-6,10,12H,7-9,15H2,1-2H3;1H. The number of anilines is 1. The Morgan fingerprint density at radius 3 is 2.89 bits per heavy atom. The molecular formula is C14H21ClN2O2. The summed E-state index contributed by atoms with van der Waals surface area (Å²) in [5.41, 5.74) is 8.05. The van der Waals surface area contributed by atoms with Crippen molar-refractivity contribution in [3.8, 4) is 0 Å². The number of fused-ring (bicyclic) bond motifs is 1. The van der Waals surface area contributed by atoms with Crippen LogP contribution in [0.3, 0.4) is 0 Å². The van der Waals surface area contributed by atoms with E-state index in [9.17, 15) is 4.79 Å². The Morgan fingerprint density at radius 2 is 2.21 bits per heavy atom. The SMILES string of the molecule is COCC(N)C(=O)N1CCC(C)c2ccccc21.Cl. The third kappa shape index (κ3) is 3.26. The van der Waals surface area contributed by atoms with Crippen molar-refractivity contribution in [3.05, 3.63) is 29.8 Å². The molecule has 0 fully saturated rings. The lowest BCUT2D eigenvalue weighted by Gasteiger charge is -2.34. The quantitative estimate of drug-likeness (QED) is 0.923. The number of para-hydroxylation sites is 1. The Balaban J connectivity index is 0.00000180. The van der Waals surface area contributed by atoms with E-state index >= 15 is 0 Å². The maximum atomic E-state index is 12.3. The zero-order valence-electron chi connectivity index (χ0n) is 11.3. The maximum Gasteiger partial charge on any atom is 0.246 e. The fraction of sp³-hybridized carbons (Fsp3) is 0.500. The molecule has 0 bridgehead atoms. The van der Waals surface area contributed by atoms with E-state index in [0.29, 0.717) is 5.92 Å². The third-order valence-electron chi connectivity index (χ3n) is 3.47. The lowest BCUT2D eigenvalue weighted by Crippen LogP contribution is -2.48. The van der Waals surface area contributed by atoms with Gasteiger partial charge in [-0.25, -0.2) is 0 Å². The molecule has 4 nitrogen and oxygen atoms in total. The Morgan fingerprint density at radius 1 is 1.53 bits per heavy atom. The summed E-state index contributed by atoms with van der Waals surface area (Å²) in [5, 5.41) is 0. The molecule has 2 rings (SSSR count). The molecule has 0 aliphatic carbocycles. The van der Waals surface area contributed by atoms with Crippen LogP contribution in [-0.4, -0.2) is 32.2 Å². The van der Waals surface area contributed by atoms with Crippen LogP contribution < -0.4 is 10.6 Å². The predicted octanol–water partition coefficient (Wildman–Crippen LogP) is 1.92. The molecule has 0 spiro atoms. The van der Waals surface area contributed by atoms with Crippen LogP contribution in [0.1, 0.15) is 24.8 Å². The van der Waals surface area contributed by atoms with Crippen LogP contribution in [-0.2, 0) is 9.53 Å². The average molecular weight is 285 g/mol. The minimum atomic E-state index is -0.587. The molecule has 0 aromatic heterocycles. The van der Waals surface area contributed by atoms with Gasteiger partial charge < -0.3 is 15.4 Å². The Bertz CT molecular complexity index is 439. The predicted molar refractivity (Wildman–Crippen MR) is 78.9 cm³/mol. The van der Waals surface area contributed by atoms with E-state index in [4.69, 9.17) is 10.5 Å². The van der Waals surface area contributed by atoms with Crippen LogP contribution in [0.15, 0.2) is 24.3 Å². The van der Waals surface area contributed by atoms with Gasteiger partial charge in [0.15, 0.2) is 0 Å². The second-order valence-corrected chi connectivity index (χ2v) is 4.80. The second kappa shape index (κ2) is 6.89. The van der Waals surface area contributed by atoms with Crippen LogP contribution in [0.5, 0.6) is 0 Å². The molecule has 1 aromatic carbocycles. The van der Waals surface area contributed by atoms with Gasteiger partial charge in [-0.05, 0) is 24.0 Å². The van der Waals surface area contributed by atoms with Crippen molar-refractivity contribution in [2.24, 2.45) is 5.73 Å². The number of carbonyl (C=O) groups is 1.